The summed E-state index contributed by atoms with van der Waals surface area (Å²) in [5.74, 6) is 0.824. The van der Waals surface area contributed by atoms with E-state index in [4.69, 9.17) is 0 Å². The highest BCUT2D eigenvalue weighted by Crippen LogP contribution is 2.23. The van der Waals surface area contributed by atoms with Gasteiger partial charge in [-0.05, 0) is 18.9 Å². The van der Waals surface area contributed by atoms with Crippen molar-refractivity contribution in [2.45, 2.75) is 38.9 Å². The van der Waals surface area contributed by atoms with Crippen molar-refractivity contribution in [1.29, 1.82) is 0 Å². The minimum atomic E-state index is 0.147. The second-order valence-corrected chi connectivity index (χ2v) is 7.41. The van der Waals surface area contributed by atoms with E-state index in [1.165, 1.54) is 5.56 Å². The van der Waals surface area contributed by atoms with E-state index in [-0.39, 0.29) is 10.7 Å². The third kappa shape index (κ3) is 6.67. The van der Waals surface area contributed by atoms with Gasteiger partial charge in [-0.25, -0.2) is 0 Å². The van der Waals surface area contributed by atoms with Gasteiger partial charge in [0.25, 0.3) is 0 Å². The third-order valence-corrected chi connectivity index (χ3v) is 4.13. The van der Waals surface area contributed by atoms with Crippen LogP contribution in [0.4, 0.5) is 0 Å². The molecule has 1 rings (SSSR count). The molecular formula is C16H25NOS. The second-order valence-electron chi connectivity index (χ2n) is 5.61. The van der Waals surface area contributed by atoms with Gasteiger partial charge in [0, 0.05) is 17.8 Å². The van der Waals surface area contributed by atoms with Crippen molar-refractivity contribution < 1.29 is 4.79 Å². The number of likely N-dealkylation sites (N-methyl/N-ethyl adjacent to an activating group) is 1. The van der Waals surface area contributed by atoms with Gasteiger partial charge in [0.1, 0.15) is 0 Å². The molecule has 0 unspecified atom stereocenters. The topological polar surface area (TPSA) is 20.3 Å². The Morgan fingerprint density at radius 3 is 2.37 bits per heavy atom. The molecular weight excluding hydrogens is 254 g/mol. The minimum absolute atomic E-state index is 0.147. The molecule has 0 saturated heterocycles. The Morgan fingerprint density at radius 2 is 1.84 bits per heavy atom. The fourth-order valence-corrected chi connectivity index (χ4v) is 2.48. The van der Waals surface area contributed by atoms with Crippen LogP contribution in [-0.2, 0) is 11.2 Å². The van der Waals surface area contributed by atoms with E-state index in [1.807, 2.05) is 30.0 Å². The van der Waals surface area contributed by atoms with Crippen molar-refractivity contribution in [3.8, 4) is 0 Å². The molecule has 0 aromatic heterocycles. The molecule has 0 N–H and O–H groups in total. The van der Waals surface area contributed by atoms with Crippen LogP contribution in [0.1, 0.15) is 33.3 Å². The summed E-state index contributed by atoms with van der Waals surface area (Å²) in [5.41, 5.74) is 1.29. The van der Waals surface area contributed by atoms with Crippen LogP contribution in [0.5, 0.6) is 0 Å². The molecule has 1 aromatic carbocycles. The monoisotopic (exact) mass is 279 g/mol. The average Bonchev–Trinajstić information content (AvgIpc) is 2.37. The van der Waals surface area contributed by atoms with Crippen molar-refractivity contribution in [2.24, 2.45) is 0 Å². The van der Waals surface area contributed by atoms with Gasteiger partial charge in [0.15, 0.2) is 0 Å². The molecule has 0 aliphatic carbocycles. The number of thioether (sulfide) groups is 1. The van der Waals surface area contributed by atoms with Gasteiger partial charge in [0.05, 0.1) is 5.75 Å². The summed E-state index contributed by atoms with van der Waals surface area (Å²) in [6.45, 7) is 10.1. The fourth-order valence-electron chi connectivity index (χ4n) is 1.74. The number of nitrogens with zero attached hydrogens (tertiary/aromatic N) is 1. The Balaban J connectivity index is 2.42. The van der Waals surface area contributed by atoms with E-state index in [0.29, 0.717) is 5.75 Å². The minimum Gasteiger partial charge on any atom is -0.342 e. The normalized spacial score (nSPS) is 11.4. The summed E-state index contributed by atoms with van der Waals surface area (Å²) in [5, 5.41) is 0. The lowest BCUT2D eigenvalue weighted by Crippen LogP contribution is -2.34. The summed E-state index contributed by atoms with van der Waals surface area (Å²) in [4.78, 5) is 14.1. The second kappa shape index (κ2) is 7.59. The zero-order valence-corrected chi connectivity index (χ0v) is 13.3. The van der Waals surface area contributed by atoms with Crippen molar-refractivity contribution in [3.63, 3.8) is 0 Å². The molecule has 1 aromatic rings. The molecule has 0 heterocycles. The van der Waals surface area contributed by atoms with Crippen LogP contribution in [0.2, 0.25) is 0 Å². The van der Waals surface area contributed by atoms with Crippen molar-refractivity contribution >= 4 is 17.7 Å². The van der Waals surface area contributed by atoms with E-state index in [2.05, 4.69) is 32.9 Å². The van der Waals surface area contributed by atoms with Gasteiger partial charge in [0.2, 0.25) is 5.91 Å². The summed E-state index contributed by atoms with van der Waals surface area (Å²) in [6.07, 6.45) is 0.931. The molecule has 0 aliphatic heterocycles. The maximum atomic E-state index is 12.1. The van der Waals surface area contributed by atoms with Crippen LogP contribution in [0.15, 0.2) is 30.3 Å². The summed E-state index contributed by atoms with van der Waals surface area (Å²) >= 11 is 1.72. The number of carbonyl (C=O) groups is 1. The molecule has 0 saturated carbocycles. The predicted molar refractivity (Wildman–Crippen MR) is 84.6 cm³/mol. The molecule has 0 spiro atoms. The Hall–Kier alpha value is -0.960. The summed E-state index contributed by atoms with van der Waals surface area (Å²) < 4.78 is 0.147. The van der Waals surface area contributed by atoms with Crippen LogP contribution in [-0.4, -0.2) is 34.4 Å². The largest absolute Gasteiger partial charge is 0.342 e. The number of amides is 1. The first-order valence-electron chi connectivity index (χ1n) is 6.88. The Kier molecular flexibility index (Phi) is 6.43. The maximum Gasteiger partial charge on any atom is 0.232 e. The van der Waals surface area contributed by atoms with Gasteiger partial charge < -0.3 is 4.90 Å². The van der Waals surface area contributed by atoms with E-state index >= 15 is 0 Å². The van der Waals surface area contributed by atoms with E-state index < -0.39 is 0 Å². The lowest BCUT2D eigenvalue weighted by atomic mass is 10.1. The standard InChI is InChI=1S/C16H25NOS/c1-5-17(15(18)13-19-16(2,3)4)12-11-14-9-7-6-8-10-14/h6-10H,5,11-13H2,1-4H3. The number of carbonyl (C=O) groups excluding carboxylic acids is 1. The molecule has 3 heteroatoms. The molecule has 2 nitrogen and oxygen atoms in total. The summed E-state index contributed by atoms with van der Waals surface area (Å²) in [7, 11) is 0. The van der Waals surface area contributed by atoms with Crippen LogP contribution >= 0.6 is 11.8 Å². The third-order valence-electron chi connectivity index (χ3n) is 2.88. The molecule has 1 amide bonds. The van der Waals surface area contributed by atoms with Crippen molar-refractivity contribution in [2.75, 3.05) is 18.8 Å². The number of hydrogen-bond donors (Lipinski definition) is 0. The van der Waals surface area contributed by atoms with Gasteiger partial charge in [-0.2, -0.15) is 0 Å². The highest BCUT2D eigenvalue weighted by atomic mass is 32.2. The number of hydrogen-bond acceptors (Lipinski definition) is 2. The predicted octanol–water partition coefficient (Wildman–Crippen LogP) is 3.61. The fraction of sp³-hybridized carbons (Fsp3) is 0.562. The Bertz CT molecular complexity index is 383. The first-order chi connectivity index (χ1) is 8.92. The number of benzene rings is 1. The van der Waals surface area contributed by atoms with Gasteiger partial charge >= 0.3 is 0 Å². The van der Waals surface area contributed by atoms with Crippen molar-refractivity contribution in [1.82, 2.24) is 4.90 Å². The Morgan fingerprint density at radius 1 is 1.21 bits per heavy atom. The van der Waals surface area contributed by atoms with Gasteiger partial charge in [-0.3, -0.25) is 4.79 Å². The van der Waals surface area contributed by atoms with Crippen LogP contribution in [0.25, 0.3) is 0 Å². The summed E-state index contributed by atoms with van der Waals surface area (Å²) in [6, 6.07) is 10.3. The molecule has 0 fully saturated rings. The van der Waals surface area contributed by atoms with E-state index in [0.717, 1.165) is 19.5 Å². The average molecular weight is 279 g/mol. The lowest BCUT2D eigenvalue weighted by Gasteiger charge is -2.23. The van der Waals surface area contributed by atoms with Crippen LogP contribution < -0.4 is 0 Å². The molecule has 19 heavy (non-hydrogen) atoms. The van der Waals surface area contributed by atoms with Crippen molar-refractivity contribution in [3.05, 3.63) is 35.9 Å². The zero-order valence-electron chi connectivity index (χ0n) is 12.5. The maximum absolute atomic E-state index is 12.1. The smallest absolute Gasteiger partial charge is 0.232 e. The van der Waals surface area contributed by atoms with Crippen LogP contribution in [0, 0.1) is 0 Å². The highest BCUT2D eigenvalue weighted by molar-refractivity contribution is 8.01. The molecule has 0 atom stereocenters. The van der Waals surface area contributed by atoms with E-state index in [1.54, 1.807) is 11.8 Å². The first-order valence-corrected chi connectivity index (χ1v) is 7.86. The molecule has 106 valence electrons. The Labute approximate surface area is 121 Å². The molecule has 0 radical (unpaired) electrons. The van der Waals surface area contributed by atoms with E-state index in [9.17, 15) is 4.79 Å². The molecule has 0 aliphatic rings. The quantitative estimate of drug-likeness (QED) is 0.793. The lowest BCUT2D eigenvalue weighted by molar-refractivity contribution is -0.128. The van der Waals surface area contributed by atoms with Crippen LogP contribution in [0.3, 0.4) is 0 Å². The SMILES string of the molecule is CCN(CCc1ccccc1)C(=O)CSC(C)(C)C. The molecule has 0 bridgehead atoms. The first kappa shape index (κ1) is 16.1. The number of rotatable bonds is 6. The van der Waals surface area contributed by atoms with Gasteiger partial charge in [-0.15, -0.1) is 11.8 Å². The van der Waals surface area contributed by atoms with Gasteiger partial charge in [-0.1, -0.05) is 51.1 Å². The zero-order chi connectivity index (χ0) is 14.3. The highest BCUT2D eigenvalue weighted by Gasteiger charge is 2.17.